The molecule has 0 saturated heterocycles. The van der Waals surface area contributed by atoms with E-state index in [4.69, 9.17) is 0 Å². The zero-order chi connectivity index (χ0) is 6.69. The van der Waals surface area contributed by atoms with Crippen LogP contribution in [0.15, 0.2) is 30.0 Å². The van der Waals surface area contributed by atoms with Crippen LogP contribution in [0, 0.1) is 16.2 Å². The van der Waals surface area contributed by atoms with Crippen molar-refractivity contribution in [3.63, 3.8) is 0 Å². The van der Waals surface area contributed by atoms with Gasteiger partial charge in [-0.2, -0.15) is 0 Å². The number of allylic oxidation sites excluding steroid dienone is 5. The Morgan fingerprint density at radius 1 is 1.67 bits per heavy atom. The maximum atomic E-state index is 9.99. The van der Waals surface area contributed by atoms with Crippen molar-refractivity contribution in [2.75, 3.05) is 0 Å². The highest BCUT2D eigenvalue weighted by molar-refractivity contribution is 5.24. The first-order valence-electron chi connectivity index (χ1n) is 2.41. The van der Waals surface area contributed by atoms with E-state index in [1.807, 2.05) is 0 Å². The zero-order valence-electron chi connectivity index (χ0n) is 4.57. The molecule has 0 spiro atoms. The topological polar surface area (TPSA) is 43.1 Å². The Balaban J connectivity index is 2.84. The van der Waals surface area contributed by atoms with Crippen molar-refractivity contribution in [2.24, 2.45) is 0 Å². The molecule has 0 aliphatic heterocycles. The Bertz CT molecular complexity index is 213. The quantitative estimate of drug-likeness (QED) is 0.296. The first kappa shape index (κ1) is 5.66. The second-order valence-electron chi connectivity index (χ2n) is 1.52. The van der Waals surface area contributed by atoms with Gasteiger partial charge >= 0.3 is 5.70 Å². The van der Waals surface area contributed by atoms with E-state index in [0.717, 1.165) is 0 Å². The van der Waals surface area contributed by atoms with Gasteiger partial charge in [-0.1, -0.05) is 0 Å². The normalized spacial score (nSPS) is 14.4. The highest BCUT2D eigenvalue weighted by Crippen LogP contribution is 2.01. The summed E-state index contributed by atoms with van der Waals surface area (Å²) < 4.78 is 0. The minimum absolute atomic E-state index is 0.105. The predicted octanol–water partition coefficient (Wildman–Crippen LogP) is 1.08. The highest BCUT2D eigenvalue weighted by atomic mass is 16.6. The summed E-state index contributed by atoms with van der Waals surface area (Å²) in [6.45, 7) is 0. The average molecular weight is 122 g/mol. The molecule has 1 aliphatic rings. The standard InChI is InChI=1S/C6H4NO2/c8-7(9)6-4-2-1-3-5-6/h2-5H/q+1. The SMILES string of the molecule is O=[N+]([O-])C1=CC=[C+]C=C1. The van der Waals surface area contributed by atoms with E-state index < -0.39 is 4.92 Å². The summed E-state index contributed by atoms with van der Waals surface area (Å²) in [5, 5.41) is 9.99. The van der Waals surface area contributed by atoms with Crippen LogP contribution in [0.4, 0.5) is 0 Å². The van der Waals surface area contributed by atoms with Crippen molar-refractivity contribution in [3.8, 4) is 0 Å². The van der Waals surface area contributed by atoms with Gasteiger partial charge in [0.15, 0.2) is 0 Å². The molecular formula is C6H4NO2+. The largest absolute Gasteiger partial charge is 0.373 e. The van der Waals surface area contributed by atoms with Gasteiger partial charge in [-0.25, -0.2) is 0 Å². The van der Waals surface area contributed by atoms with Crippen LogP contribution in [0.1, 0.15) is 0 Å². The summed E-state index contributed by atoms with van der Waals surface area (Å²) >= 11 is 0. The number of hydrogen-bond donors (Lipinski definition) is 0. The van der Waals surface area contributed by atoms with Crippen molar-refractivity contribution in [1.82, 2.24) is 0 Å². The Labute approximate surface area is 52.1 Å². The maximum absolute atomic E-state index is 9.99. The third kappa shape index (κ3) is 1.21. The maximum Gasteiger partial charge on any atom is 0.373 e. The third-order valence-electron chi connectivity index (χ3n) is 0.911. The molecule has 44 valence electrons. The van der Waals surface area contributed by atoms with Crippen LogP contribution < -0.4 is 0 Å². The van der Waals surface area contributed by atoms with Gasteiger partial charge in [-0.05, 0) is 0 Å². The van der Waals surface area contributed by atoms with E-state index in [1.54, 1.807) is 0 Å². The molecular weight excluding hydrogens is 118 g/mol. The molecule has 0 bridgehead atoms. The predicted molar refractivity (Wildman–Crippen MR) is 32.0 cm³/mol. The van der Waals surface area contributed by atoms with Crippen LogP contribution in [-0.2, 0) is 0 Å². The van der Waals surface area contributed by atoms with Crippen molar-refractivity contribution in [2.45, 2.75) is 0 Å². The van der Waals surface area contributed by atoms with E-state index in [1.165, 1.54) is 24.3 Å². The molecule has 0 fully saturated rings. The summed E-state index contributed by atoms with van der Waals surface area (Å²) in [5.74, 6) is 0. The van der Waals surface area contributed by atoms with Gasteiger partial charge in [-0.3, -0.25) is 10.1 Å². The molecule has 0 amide bonds. The first-order chi connectivity index (χ1) is 4.30. The summed E-state index contributed by atoms with van der Waals surface area (Å²) in [5.41, 5.74) is 0.105. The second kappa shape index (κ2) is 2.20. The summed E-state index contributed by atoms with van der Waals surface area (Å²) in [6, 6.07) is 0. The van der Waals surface area contributed by atoms with E-state index in [-0.39, 0.29) is 5.70 Å². The fourth-order valence-corrected chi connectivity index (χ4v) is 0.500. The number of rotatable bonds is 1. The molecule has 9 heavy (non-hydrogen) atoms. The van der Waals surface area contributed by atoms with Crippen LogP contribution in [0.5, 0.6) is 0 Å². The van der Waals surface area contributed by atoms with Gasteiger partial charge in [0.2, 0.25) is 0 Å². The van der Waals surface area contributed by atoms with E-state index >= 15 is 0 Å². The lowest BCUT2D eigenvalue weighted by Gasteiger charge is -1.81. The number of nitro groups is 1. The van der Waals surface area contributed by atoms with Crippen LogP contribution in [0.3, 0.4) is 0 Å². The average Bonchev–Trinajstić information content (AvgIpc) is 1.90. The third-order valence-corrected chi connectivity index (χ3v) is 0.911. The number of hydrogen-bond acceptors (Lipinski definition) is 2. The van der Waals surface area contributed by atoms with Gasteiger partial charge in [0.05, 0.1) is 4.92 Å². The molecule has 3 heteroatoms. The van der Waals surface area contributed by atoms with E-state index in [2.05, 4.69) is 6.08 Å². The summed E-state index contributed by atoms with van der Waals surface area (Å²) in [7, 11) is 0. The molecule has 0 radical (unpaired) electrons. The minimum atomic E-state index is -0.437. The monoisotopic (exact) mass is 122 g/mol. The van der Waals surface area contributed by atoms with Gasteiger partial charge in [0.1, 0.15) is 24.3 Å². The van der Waals surface area contributed by atoms with Crippen molar-refractivity contribution in [1.29, 1.82) is 0 Å². The van der Waals surface area contributed by atoms with E-state index in [0.29, 0.717) is 0 Å². The molecule has 0 unspecified atom stereocenters. The van der Waals surface area contributed by atoms with Crippen molar-refractivity contribution in [3.05, 3.63) is 46.2 Å². The fraction of sp³-hybridized carbons (Fsp3) is 0. The van der Waals surface area contributed by atoms with Crippen molar-refractivity contribution >= 4 is 0 Å². The second-order valence-corrected chi connectivity index (χ2v) is 1.52. The van der Waals surface area contributed by atoms with E-state index in [9.17, 15) is 10.1 Å². The molecule has 0 aromatic heterocycles. The Morgan fingerprint density at radius 2 is 2.44 bits per heavy atom. The van der Waals surface area contributed by atoms with Crippen LogP contribution in [-0.4, -0.2) is 4.92 Å². The van der Waals surface area contributed by atoms with Crippen LogP contribution >= 0.6 is 0 Å². The number of nitrogens with zero attached hydrogens (tertiary/aromatic N) is 1. The Kier molecular flexibility index (Phi) is 1.38. The molecule has 0 heterocycles. The molecule has 1 rings (SSSR count). The summed E-state index contributed by atoms with van der Waals surface area (Å²) in [4.78, 5) is 9.56. The minimum Gasteiger partial charge on any atom is -0.256 e. The Morgan fingerprint density at radius 3 is 2.78 bits per heavy atom. The van der Waals surface area contributed by atoms with Crippen LogP contribution in [0.25, 0.3) is 0 Å². The lowest BCUT2D eigenvalue weighted by atomic mass is 10.2. The van der Waals surface area contributed by atoms with Gasteiger partial charge in [-0.15, -0.1) is 0 Å². The van der Waals surface area contributed by atoms with Gasteiger partial charge in [0, 0.05) is 6.08 Å². The molecule has 0 aromatic rings. The lowest BCUT2D eigenvalue weighted by molar-refractivity contribution is -0.419. The lowest BCUT2D eigenvalue weighted by Crippen LogP contribution is -1.95. The molecule has 0 N–H and O–H groups in total. The van der Waals surface area contributed by atoms with Crippen LogP contribution in [0.2, 0.25) is 0 Å². The highest BCUT2D eigenvalue weighted by Gasteiger charge is 2.12. The molecule has 0 atom stereocenters. The van der Waals surface area contributed by atoms with Crippen molar-refractivity contribution < 1.29 is 4.92 Å². The van der Waals surface area contributed by atoms with Gasteiger partial charge in [0.25, 0.3) is 0 Å². The summed E-state index contributed by atoms with van der Waals surface area (Å²) in [6.07, 6.45) is 8.51. The Hall–Kier alpha value is -1.47. The molecule has 0 saturated carbocycles. The van der Waals surface area contributed by atoms with Gasteiger partial charge < -0.3 is 0 Å². The molecule has 1 aliphatic carbocycles. The fourth-order valence-electron chi connectivity index (χ4n) is 0.500. The zero-order valence-corrected chi connectivity index (χ0v) is 4.57. The molecule has 0 aromatic carbocycles. The molecule has 3 nitrogen and oxygen atoms in total. The smallest absolute Gasteiger partial charge is 0.256 e. The first-order valence-corrected chi connectivity index (χ1v) is 2.41.